The van der Waals surface area contributed by atoms with Gasteiger partial charge in [-0.3, -0.25) is 9.69 Å². The molecule has 0 radical (unpaired) electrons. The zero-order chi connectivity index (χ0) is 22.9. The van der Waals surface area contributed by atoms with E-state index in [1.54, 1.807) is 0 Å². The van der Waals surface area contributed by atoms with Gasteiger partial charge < -0.3 is 19.5 Å². The largest absolute Gasteiger partial charge is 0.491 e. The number of carbonyl (C=O) groups is 1. The summed E-state index contributed by atoms with van der Waals surface area (Å²) in [4.78, 5) is 17.2. The van der Waals surface area contributed by atoms with Gasteiger partial charge in [0.1, 0.15) is 18.5 Å². The molecule has 1 saturated heterocycles. The van der Waals surface area contributed by atoms with Crippen LogP contribution in [0.2, 0.25) is 0 Å². The summed E-state index contributed by atoms with van der Waals surface area (Å²) in [6.07, 6.45) is -0.675. The molecule has 0 bridgehead atoms. The van der Waals surface area contributed by atoms with Gasteiger partial charge in [0, 0.05) is 38.3 Å². The first-order chi connectivity index (χ1) is 15.4. The first kappa shape index (κ1) is 24.2. The van der Waals surface area contributed by atoms with Crippen molar-refractivity contribution in [3.63, 3.8) is 0 Å². The molecular weight excluding hydrogens is 404 g/mol. The fraction of sp³-hybridized carbons (Fsp3) is 0.500. The van der Waals surface area contributed by atoms with Crippen LogP contribution in [0.15, 0.2) is 54.6 Å². The predicted molar refractivity (Wildman–Crippen MR) is 126 cm³/mol. The van der Waals surface area contributed by atoms with Crippen molar-refractivity contribution in [2.24, 2.45) is 5.92 Å². The normalized spacial score (nSPS) is 17.8. The molecule has 2 unspecified atom stereocenters. The first-order valence-corrected chi connectivity index (χ1v) is 11.5. The van der Waals surface area contributed by atoms with Crippen molar-refractivity contribution in [3.05, 3.63) is 65.7 Å². The third-order valence-corrected chi connectivity index (χ3v) is 5.53. The van der Waals surface area contributed by atoms with E-state index in [-0.39, 0.29) is 18.6 Å². The average molecular weight is 441 g/mol. The number of β-amino-alcohol motifs (C(OH)–C–C–N with tert-alkyl or cyclic N) is 1. The Kier molecular flexibility index (Phi) is 9.09. The Morgan fingerprint density at radius 1 is 1.19 bits per heavy atom. The van der Waals surface area contributed by atoms with E-state index in [1.807, 2.05) is 66.4 Å². The highest BCUT2D eigenvalue weighted by atomic mass is 16.5. The third kappa shape index (κ3) is 7.33. The standard InChI is InChI=1S/C26H36N2O4/c1-20(2)15-28(26(30)22-10-5-4-6-11-22)18-24-17-27(13-14-31-24)16-23(29)19-32-25-12-8-7-9-21(25)3/h4-12,20,23-24,29H,13-19H2,1-3H3. The number of rotatable bonds is 10. The number of carbonyl (C=O) groups excluding carboxylic acids is 1. The van der Waals surface area contributed by atoms with Crippen LogP contribution in [0.25, 0.3) is 0 Å². The summed E-state index contributed by atoms with van der Waals surface area (Å²) in [5, 5.41) is 10.5. The highest BCUT2D eigenvalue weighted by Crippen LogP contribution is 2.17. The van der Waals surface area contributed by atoms with Gasteiger partial charge in [0.05, 0.1) is 12.7 Å². The van der Waals surface area contributed by atoms with E-state index in [1.165, 1.54) is 0 Å². The maximum atomic E-state index is 13.1. The summed E-state index contributed by atoms with van der Waals surface area (Å²) in [6.45, 7) is 10.2. The minimum atomic E-state index is -0.592. The Balaban J connectivity index is 1.53. The summed E-state index contributed by atoms with van der Waals surface area (Å²) in [6, 6.07) is 17.2. The van der Waals surface area contributed by atoms with Crippen LogP contribution in [-0.2, 0) is 4.74 Å². The third-order valence-electron chi connectivity index (χ3n) is 5.53. The monoisotopic (exact) mass is 440 g/mol. The van der Waals surface area contributed by atoms with Gasteiger partial charge in [0.25, 0.3) is 5.91 Å². The number of benzene rings is 2. The van der Waals surface area contributed by atoms with Crippen LogP contribution in [0.5, 0.6) is 5.75 Å². The van der Waals surface area contributed by atoms with Gasteiger partial charge in [-0.25, -0.2) is 0 Å². The lowest BCUT2D eigenvalue weighted by Gasteiger charge is -2.37. The number of aliphatic hydroxyl groups is 1. The second-order valence-corrected chi connectivity index (χ2v) is 8.95. The van der Waals surface area contributed by atoms with Crippen molar-refractivity contribution >= 4 is 5.91 Å². The van der Waals surface area contributed by atoms with Crippen molar-refractivity contribution in [2.75, 3.05) is 45.9 Å². The number of morpholine rings is 1. The molecule has 32 heavy (non-hydrogen) atoms. The number of aryl methyl sites for hydroxylation is 1. The minimum absolute atomic E-state index is 0.0340. The van der Waals surface area contributed by atoms with Crippen LogP contribution in [0.4, 0.5) is 0 Å². The molecule has 1 aliphatic rings. The lowest BCUT2D eigenvalue weighted by molar-refractivity contribution is -0.0542. The van der Waals surface area contributed by atoms with Gasteiger partial charge in [0.2, 0.25) is 0 Å². The molecule has 3 rings (SSSR count). The molecule has 1 fully saturated rings. The van der Waals surface area contributed by atoms with Gasteiger partial charge in [-0.15, -0.1) is 0 Å². The molecule has 1 aliphatic heterocycles. The van der Waals surface area contributed by atoms with Gasteiger partial charge in [-0.1, -0.05) is 50.2 Å². The molecule has 0 saturated carbocycles. The maximum absolute atomic E-state index is 13.1. The van der Waals surface area contributed by atoms with Gasteiger partial charge in [0.15, 0.2) is 0 Å². The summed E-state index contributed by atoms with van der Waals surface area (Å²) in [5.74, 6) is 1.20. The van der Waals surface area contributed by atoms with Crippen molar-refractivity contribution in [2.45, 2.75) is 33.0 Å². The van der Waals surface area contributed by atoms with E-state index in [4.69, 9.17) is 9.47 Å². The topological polar surface area (TPSA) is 62.2 Å². The fourth-order valence-corrected chi connectivity index (χ4v) is 4.00. The highest BCUT2D eigenvalue weighted by molar-refractivity contribution is 5.94. The van der Waals surface area contributed by atoms with Crippen LogP contribution in [0.1, 0.15) is 29.8 Å². The smallest absolute Gasteiger partial charge is 0.253 e. The highest BCUT2D eigenvalue weighted by Gasteiger charge is 2.27. The molecule has 174 valence electrons. The SMILES string of the molecule is Cc1ccccc1OCC(O)CN1CCOC(CN(CC(C)C)C(=O)c2ccccc2)C1. The van der Waals surface area contributed by atoms with Crippen LogP contribution in [0.3, 0.4) is 0 Å². The summed E-state index contributed by atoms with van der Waals surface area (Å²) in [5.41, 5.74) is 1.75. The molecule has 6 heteroatoms. The van der Waals surface area contributed by atoms with Crippen molar-refractivity contribution in [1.29, 1.82) is 0 Å². The van der Waals surface area contributed by atoms with E-state index in [0.717, 1.165) is 17.9 Å². The second-order valence-electron chi connectivity index (χ2n) is 8.95. The molecular formula is C26H36N2O4. The number of hydrogen-bond acceptors (Lipinski definition) is 5. The summed E-state index contributed by atoms with van der Waals surface area (Å²) in [7, 11) is 0. The molecule has 0 aliphatic carbocycles. The Morgan fingerprint density at radius 2 is 1.91 bits per heavy atom. The number of para-hydroxylation sites is 1. The Morgan fingerprint density at radius 3 is 2.62 bits per heavy atom. The molecule has 6 nitrogen and oxygen atoms in total. The molecule has 1 amide bonds. The van der Waals surface area contributed by atoms with E-state index in [2.05, 4.69) is 18.7 Å². The van der Waals surface area contributed by atoms with Crippen LogP contribution in [-0.4, -0.2) is 79.0 Å². The molecule has 1 N–H and O–H groups in total. The van der Waals surface area contributed by atoms with Gasteiger partial charge >= 0.3 is 0 Å². The number of ether oxygens (including phenoxy) is 2. The Hall–Kier alpha value is -2.41. The Labute approximate surface area is 191 Å². The molecule has 0 aromatic heterocycles. The van der Waals surface area contributed by atoms with E-state index in [0.29, 0.717) is 44.3 Å². The van der Waals surface area contributed by atoms with Crippen LogP contribution >= 0.6 is 0 Å². The zero-order valence-corrected chi connectivity index (χ0v) is 19.4. The van der Waals surface area contributed by atoms with Crippen LogP contribution in [0, 0.1) is 12.8 Å². The zero-order valence-electron chi connectivity index (χ0n) is 19.4. The van der Waals surface area contributed by atoms with Crippen LogP contribution < -0.4 is 4.74 Å². The van der Waals surface area contributed by atoms with Crippen molar-refractivity contribution in [3.8, 4) is 5.75 Å². The number of nitrogens with zero attached hydrogens (tertiary/aromatic N) is 2. The van der Waals surface area contributed by atoms with E-state index in [9.17, 15) is 9.90 Å². The summed E-state index contributed by atoms with van der Waals surface area (Å²) >= 11 is 0. The van der Waals surface area contributed by atoms with Crippen molar-refractivity contribution in [1.82, 2.24) is 9.80 Å². The van der Waals surface area contributed by atoms with E-state index >= 15 is 0 Å². The quantitative estimate of drug-likeness (QED) is 0.615. The number of aliphatic hydroxyl groups excluding tert-OH is 1. The first-order valence-electron chi connectivity index (χ1n) is 11.5. The Bertz CT molecular complexity index is 843. The summed E-state index contributed by atoms with van der Waals surface area (Å²) < 4.78 is 11.8. The lowest BCUT2D eigenvalue weighted by atomic mass is 10.1. The number of amides is 1. The van der Waals surface area contributed by atoms with Crippen molar-refractivity contribution < 1.29 is 19.4 Å². The molecule has 2 aromatic carbocycles. The second kappa shape index (κ2) is 12.0. The minimum Gasteiger partial charge on any atom is -0.491 e. The molecule has 1 heterocycles. The van der Waals surface area contributed by atoms with E-state index < -0.39 is 6.10 Å². The molecule has 2 aromatic rings. The fourth-order valence-electron chi connectivity index (χ4n) is 4.00. The molecule has 2 atom stereocenters. The van der Waals surface area contributed by atoms with Gasteiger partial charge in [-0.2, -0.15) is 0 Å². The molecule has 0 spiro atoms. The maximum Gasteiger partial charge on any atom is 0.253 e. The van der Waals surface area contributed by atoms with Gasteiger partial charge in [-0.05, 0) is 36.6 Å². The number of hydrogen-bond donors (Lipinski definition) is 1. The average Bonchev–Trinajstić information content (AvgIpc) is 2.78. The predicted octanol–water partition coefficient (Wildman–Crippen LogP) is 3.23. The lowest BCUT2D eigenvalue weighted by Crippen LogP contribution is -2.51.